The van der Waals surface area contributed by atoms with E-state index >= 15 is 0 Å². The molecule has 98 valence electrons. The third-order valence-corrected chi connectivity index (χ3v) is 3.31. The first-order valence-electron chi connectivity index (χ1n) is 6.69. The van der Waals surface area contributed by atoms with Gasteiger partial charge in [0, 0.05) is 18.0 Å². The molecule has 0 heterocycles. The Hall–Kier alpha value is -2.09. The van der Waals surface area contributed by atoms with Crippen molar-refractivity contribution in [1.29, 1.82) is 0 Å². The van der Waals surface area contributed by atoms with Gasteiger partial charge in [-0.3, -0.25) is 4.79 Å². The van der Waals surface area contributed by atoms with Crippen LogP contribution in [0.5, 0.6) is 0 Å². The number of carbonyl (C=O) groups excluding carboxylic acids is 1. The Balaban J connectivity index is 1.96. The van der Waals surface area contributed by atoms with Gasteiger partial charge in [0.25, 0.3) is 5.91 Å². The standard InChI is InChI=1S/C17H19NO/c1-2-14(15-9-5-3-6-10-15)13-18-17(19)16-11-7-4-8-12-16/h3-12,14H,2,13H2,1H3,(H,18,19). The monoisotopic (exact) mass is 253 g/mol. The highest BCUT2D eigenvalue weighted by Gasteiger charge is 2.11. The number of hydrogen-bond donors (Lipinski definition) is 1. The number of amides is 1. The van der Waals surface area contributed by atoms with Gasteiger partial charge in [0.15, 0.2) is 0 Å². The van der Waals surface area contributed by atoms with E-state index < -0.39 is 0 Å². The van der Waals surface area contributed by atoms with Crippen LogP contribution in [0.4, 0.5) is 0 Å². The predicted molar refractivity (Wildman–Crippen MR) is 78.2 cm³/mol. The summed E-state index contributed by atoms with van der Waals surface area (Å²) in [5.74, 6) is 0.365. The molecule has 2 heteroatoms. The van der Waals surface area contributed by atoms with E-state index in [1.165, 1.54) is 5.56 Å². The average Bonchev–Trinajstić information content (AvgIpc) is 2.49. The van der Waals surface area contributed by atoms with E-state index in [0.717, 1.165) is 6.42 Å². The largest absolute Gasteiger partial charge is 0.351 e. The van der Waals surface area contributed by atoms with Crippen molar-refractivity contribution in [2.24, 2.45) is 0 Å². The second kappa shape index (κ2) is 6.74. The Morgan fingerprint density at radius 2 is 1.58 bits per heavy atom. The van der Waals surface area contributed by atoms with Crippen molar-refractivity contribution in [3.63, 3.8) is 0 Å². The van der Waals surface area contributed by atoms with Gasteiger partial charge in [-0.15, -0.1) is 0 Å². The van der Waals surface area contributed by atoms with Crippen LogP contribution < -0.4 is 5.32 Å². The van der Waals surface area contributed by atoms with Crippen LogP contribution in [0.3, 0.4) is 0 Å². The maximum atomic E-state index is 12.0. The third kappa shape index (κ3) is 3.68. The molecule has 1 N–H and O–H groups in total. The molecule has 0 aliphatic carbocycles. The van der Waals surface area contributed by atoms with Crippen molar-refractivity contribution < 1.29 is 4.79 Å². The fraction of sp³-hybridized carbons (Fsp3) is 0.235. The van der Waals surface area contributed by atoms with Crippen molar-refractivity contribution in [2.45, 2.75) is 19.3 Å². The topological polar surface area (TPSA) is 29.1 Å². The second-order valence-corrected chi connectivity index (χ2v) is 4.59. The summed E-state index contributed by atoms with van der Waals surface area (Å²) in [6.07, 6.45) is 1.01. The molecule has 0 spiro atoms. The van der Waals surface area contributed by atoms with Crippen molar-refractivity contribution in [3.8, 4) is 0 Å². The molecule has 0 aliphatic heterocycles. The van der Waals surface area contributed by atoms with E-state index in [0.29, 0.717) is 18.0 Å². The van der Waals surface area contributed by atoms with E-state index in [9.17, 15) is 4.79 Å². The van der Waals surface area contributed by atoms with E-state index in [1.54, 1.807) is 0 Å². The van der Waals surface area contributed by atoms with Gasteiger partial charge in [-0.1, -0.05) is 55.5 Å². The highest BCUT2D eigenvalue weighted by Crippen LogP contribution is 2.18. The number of nitrogens with one attached hydrogen (secondary N) is 1. The molecule has 0 saturated carbocycles. The highest BCUT2D eigenvalue weighted by atomic mass is 16.1. The van der Waals surface area contributed by atoms with Gasteiger partial charge in [-0.25, -0.2) is 0 Å². The Bertz CT molecular complexity index is 507. The van der Waals surface area contributed by atoms with Crippen LogP contribution in [0.15, 0.2) is 60.7 Å². The van der Waals surface area contributed by atoms with Gasteiger partial charge in [-0.05, 0) is 24.1 Å². The van der Waals surface area contributed by atoms with Gasteiger partial charge in [-0.2, -0.15) is 0 Å². The normalized spacial score (nSPS) is 11.8. The zero-order chi connectivity index (χ0) is 13.5. The number of benzene rings is 2. The minimum atomic E-state index is -0.00465. The maximum absolute atomic E-state index is 12.0. The van der Waals surface area contributed by atoms with Crippen LogP contribution in [-0.2, 0) is 0 Å². The lowest BCUT2D eigenvalue weighted by Crippen LogP contribution is -2.28. The summed E-state index contributed by atoms with van der Waals surface area (Å²) in [4.78, 5) is 12.0. The summed E-state index contributed by atoms with van der Waals surface area (Å²) in [5.41, 5.74) is 1.99. The van der Waals surface area contributed by atoms with Crippen molar-refractivity contribution in [1.82, 2.24) is 5.32 Å². The third-order valence-electron chi connectivity index (χ3n) is 3.31. The van der Waals surface area contributed by atoms with Crippen LogP contribution >= 0.6 is 0 Å². The first-order chi connectivity index (χ1) is 9.31. The maximum Gasteiger partial charge on any atom is 0.251 e. The molecule has 2 aromatic rings. The lowest BCUT2D eigenvalue weighted by Gasteiger charge is -2.16. The quantitative estimate of drug-likeness (QED) is 0.866. The Labute approximate surface area is 114 Å². The van der Waals surface area contributed by atoms with Crippen molar-refractivity contribution in [2.75, 3.05) is 6.54 Å². The highest BCUT2D eigenvalue weighted by molar-refractivity contribution is 5.94. The lowest BCUT2D eigenvalue weighted by atomic mass is 9.96. The van der Waals surface area contributed by atoms with Crippen molar-refractivity contribution >= 4 is 5.91 Å². The molecular formula is C17H19NO. The SMILES string of the molecule is CCC(CNC(=O)c1ccccc1)c1ccccc1. The van der Waals surface area contributed by atoms with Crippen LogP contribution in [0.2, 0.25) is 0 Å². The van der Waals surface area contributed by atoms with Gasteiger partial charge < -0.3 is 5.32 Å². The molecule has 0 radical (unpaired) electrons. The van der Waals surface area contributed by atoms with E-state index in [1.807, 2.05) is 48.5 Å². The molecule has 2 nitrogen and oxygen atoms in total. The average molecular weight is 253 g/mol. The summed E-state index contributed by atoms with van der Waals surface area (Å²) < 4.78 is 0. The minimum Gasteiger partial charge on any atom is -0.351 e. The Morgan fingerprint density at radius 3 is 2.16 bits per heavy atom. The van der Waals surface area contributed by atoms with Crippen LogP contribution in [0, 0.1) is 0 Å². The minimum absolute atomic E-state index is 0.00465. The molecule has 2 aromatic carbocycles. The van der Waals surface area contributed by atoms with Gasteiger partial charge in [0.1, 0.15) is 0 Å². The van der Waals surface area contributed by atoms with Crippen molar-refractivity contribution in [3.05, 3.63) is 71.8 Å². The Morgan fingerprint density at radius 1 is 1.00 bits per heavy atom. The molecule has 19 heavy (non-hydrogen) atoms. The molecule has 1 unspecified atom stereocenters. The summed E-state index contributed by atoms with van der Waals surface area (Å²) >= 11 is 0. The molecule has 1 amide bonds. The predicted octanol–water partition coefficient (Wildman–Crippen LogP) is 3.61. The summed E-state index contributed by atoms with van der Waals surface area (Å²) in [6, 6.07) is 19.7. The second-order valence-electron chi connectivity index (χ2n) is 4.59. The molecule has 2 rings (SSSR count). The summed E-state index contributed by atoms with van der Waals surface area (Å²) in [6.45, 7) is 2.82. The zero-order valence-electron chi connectivity index (χ0n) is 11.2. The number of rotatable bonds is 5. The van der Waals surface area contributed by atoms with Crippen LogP contribution in [0.25, 0.3) is 0 Å². The number of hydrogen-bond acceptors (Lipinski definition) is 1. The van der Waals surface area contributed by atoms with E-state index in [2.05, 4.69) is 24.4 Å². The summed E-state index contributed by atoms with van der Waals surface area (Å²) in [5, 5.41) is 3.01. The fourth-order valence-electron chi connectivity index (χ4n) is 2.13. The fourth-order valence-corrected chi connectivity index (χ4v) is 2.13. The van der Waals surface area contributed by atoms with Crippen LogP contribution in [0.1, 0.15) is 35.2 Å². The number of carbonyl (C=O) groups is 1. The van der Waals surface area contributed by atoms with E-state index in [-0.39, 0.29) is 5.91 Å². The first kappa shape index (κ1) is 13.3. The molecule has 0 bridgehead atoms. The zero-order valence-corrected chi connectivity index (χ0v) is 11.2. The lowest BCUT2D eigenvalue weighted by molar-refractivity contribution is 0.0951. The molecule has 0 fully saturated rings. The summed E-state index contributed by atoms with van der Waals surface area (Å²) in [7, 11) is 0. The van der Waals surface area contributed by atoms with Gasteiger partial charge in [0.05, 0.1) is 0 Å². The molecular weight excluding hydrogens is 234 g/mol. The van der Waals surface area contributed by atoms with Crippen LogP contribution in [-0.4, -0.2) is 12.5 Å². The van der Waals surface area contributed by atoms with E-state index in [4.69, 9.17) is 0 Å². The van der Waals surface area contributed by atoms with Gasteiger partial charge in [0.2, 0.25) is 0 Å². The molecule has 0 aliphatic rings. The smallest absolute Gasteiger partial charge is 0.251 e. The Kier molecular flexibility index (Phi) is 4.73. The molecule has 1 atom stereocenters. The molecule has 0 aromatic heterocycles. The molecule has 0 saturated heterocycles. The van der Waals surface area contributed by atoms with Gasteiger partial charge >= 0.3 is 0 Å². The first-order valence-corrected chi connectivity index (χ1v) is 6.69.